The minimum Gasteiger partial charge on any atom is -0.480 e. The van der Waals surface area contributed by atoms with Gasteiger partial charge in [-0.2, -0.15) is 0 Å². The third-order valence-corrected chi connectivity index (χ3v) is 6.34. The largest absolute Gasteiger partial charge is 0.480 e. The van der Waals surface area contributed by atoms with Crippen LogP contribution in [-0.4, -0.2) is 27.0 Å². The zero-order valence-electron chi connectivity index (χ0n) is 15.5. The predicted octanol–water partition coefficient (Wildman–Crippen LogP) is 5.10. The van der Waals surface area contributed by atoms with Gasteiger partial charge < -0.3 is 10.1 Å². The van der Waals surface area contributed by atoms with Crippen molar-refractivity contribution in [3.8, 4) is 0 Å². The molecular weight excluding hydrogens is 372 g/mol. The molecule has 0 spiro atoms. The average Bonchev–Trinajstić information content (AvgIpc) is 3.06. The van der Waals surface area contributed by atoms with E-state index in [1.807, 2.05) is 24.3 Å². The van der Waals surface area contributed by atoms with Crippen LogP contribution >= 0.6 is 11.6 Å². The van der Waals surface area contributed by atoms with E-state index in [4.69, 9.17) is 11.6 Å². The van der Waals surface area contributed by atoms with Gasteiger partial charge in [0.2, 0.25) is 0 Å². The molecule has 2 N–H and O–H groups in total. The Hall–Kier alpha value is -2.56. The summed E-state index contributed by atoms with van der Waals surface area (Å²) in [6, 6.07) is 15.6. The lowest BCUT2D eigenvalue weighted by Crippen LogP contribution is -2.50. The molecule has 142 valence electrons. The molecule has 0 bridgehead atoms. The first-order valence-corrected chi connectivity index (χ1v) is 9.93. The molecule has 1 aromatic heterocycles. The van der Waals surface area contributed by atoms with Crippen LogP contribution in [0.15, 0.2) is 59.6 Å². The van der Waals surface area contributed by atoms with Gasteiger partial charge in [-0.3, -0.25) is 9.69 Å². The van der Waals surface area contributed by atoms with Crippen LogP contribution in [-0.2, 0) is 11.2 Å². The van der Waals surface area contributed by atoms with Crippen molar-refractivity contribution in [3.05, 3.63) is 82.0 Å². The van der Waals surface area contributed by atoms with Gasteiger partial charge in [0.1, 0.15) is 6.04 Å². The number of aryl methyl sites for hydroxylation is 1. The number of aliphatic carboxylic acids is 1. The number of fused-ring (bicyclic) bond motifs is 5. The topological polar surface area (TPSA) is 56.3 Å². The summed E-state index contributed by atoms with van der Waals surface area (Å²) in [6.45, 7) is 2.05. The standard InChI is InChI=1S/C23H21ClN2O2/c1-13-6-8-14(9-7-13)19-10-15(24)11-20-22-17(12-21(23(27)28)26(19)20)16-4-2-3-5-18(16)25-22/h2-9,11,19-21,25H,10,12H2,1H3,(H,27,28)/t19-,20+,21+/m1/s1. The molecule has 3 aromatic rings. The lowest BCUT2D eigenvalue weighted by Gasteiger charge is -2.46. The number of H-pyrrole nitrogens is 1. The lowest BCUT2D eigenvalue weighted by atomic mass is 9.84. The first kappa shape index (κ1) is 17.5. The number of aromatic nitrogens is 1. The van der Waals surface area contributed by atoms with Crippen LogP contribution in [0.5, 0.6) is 0 Å². The summed E-state index contributed by atoms with van der Waals surface area (Å²) in [4.78, 5) is 17.9. The van der Waals surface area contributed by atoms with Gasteiger partial charge >= 0.3 is 5.97 Å². The molecule has 0 amide bonds. The van der Waals surface area contributed by atoms with E-state index in [2.05, 4.69) is 47.1 Å². The zero-order chi connectivity index (χ0) is 19.4. The number of carbonyl (C=O) groups is 1. The maximum absolute atomic E-state index is 12.3. The molecule has 0 fully saturated rings. The van der Waals surface area contributed by atoms with Gasteiger partial charge in [0.15, 0.2) is 0 Å². The summed E-state index contributed by atoms with van der Waals surface area (Å²) >= 11 is 6.58. The number of benzene rings is 2. The summed E-state index contributed by atoms with van der Waals surface area (Å²) in [7, 11) is 0. The lowest BCUT2D eigenvalue weighted by molar-refractivity contribution is -0.146. The van der Waals surface area contributed by atoms with E-state index in [9.17, 15) is 9.90 Å². The summed E-state index contributed by atoms with van der Waals surface area (Å²) < 4.78 is 0. The number of rotatable bonds is 2. The maximum atomic E-state index is 12.3. The van der Waals surface area contributed by atoms with Gasteiger partial charge in [0.05, 0.1) is 6.04 Å². The second-order valence-electron chi connectivity index (χ2n) is 7.76. The average molecular weight is 393 g/mol. The Bertz CT molecular complexity index is 1100. The van der Waals surface area contributed by atoms with E-state index in [-0.39, 0.29) is 12.1 Å². The number of aromatic amines is 1. The van der Waals surface area contributed by atoms with Gasteiger partial charge in [0.25, 0.3) is 0 Å². The molecule has 2 aliphatic rings. The predicted molar refractivity (Wildman–Crippen MR) is 110 cm³/mol. The number of para-hydroxylation sites is 1. The van der Waals surface area contributed by atoms with Gasteiger partial charge in [-0.05, 0) is 30.2 Å². The molecule has 28 heavy (non-hydrogen) atoms. The van der Waals surface area contributed by atoms with Gasteiger partial charge in [-0.1, -0.05) is 59.6 Å². The van der Waals surface area contributed by atoms with Crippen LogP contribution in [0, 0.1) is 6.92 Å². The van der Waals surface area contributed by atoms with E-state index < -0.39 is 12.0 Å². The molecule has 2 aromatic carbocycles. The van der Waals surface area contributed by atoms with Crippen molar-refractivity contribution in [2.75, 3.05) is 0 Å². The smallest absolute Gasteiger partial charge is 0.321 e. The molecule has 3 heterocycles. The molecule has 2 aliphatic heterocycles. The van der Waals surface area contributed by atoms with Crippen LogP contribution < -0.4 is 0 Å². The Kier molecular flexibility index (Phi) is 4.07. The normalized spacial score (nSPS) is 24.5. The number of halogens is 1. The quantitative estimate of drug-likeness (QED) is 0.638. The first-order valence-electron chi connectivity index (χ1n) is 9.55. The molecule has 0 saturated carbocycles. The summed E-state index contributed by atoms with van der Waals surface area (Å²) in [5.74, 6) is -0.788. The van der Waals surface area contributed by atoms with Crippen LogP contribution in [0.2, 0.25) is 0 Å². The van der Waals surface area contributed by atoms with Crippen molar-refractivity contribution in [2.45, 2.75) is 37.9 Å². The Morgan fingerprint density at radius 3 is 2.64 bits per heavy atom. The molecule has 5 heteroatoms. The molecular formula is C23H21ClN2O2. The summed E-state index contributed by atoms with van der Waals surface area (Å²) in [5, 5.41) is 12.0. The van der Waals surface area contributed by atoms with Crippen LogP contribution in [0.4, 0.5) is 0 Å². The van der Waals surface area contributed by atoms with E-state index >= 15 is 0 Å². The third kappa shape index (κ3) is 2.67. The first-order chi connectivity index (χ1) is 13.5. The number of carboxylic acid groups (broad SMARTS) is 1. The highest BCUT2D eigenvalue weighted by atomic mass is 35.5. The van der Waals surface area contributed by atoms with Crippen LogP contribution in [0.25, 0.3) is 10.9 Å². The fourth-order valence-corrected chi connectivity index (χ4v) is 5.00. The van der Waals surface area contributed by atoms with E-state index in [0.717, 1.165) is 32.8 Å². The van der Waals surface area contributed by atoms with Crippen molar-refractivity contribution >= 4 is 28.5 Å². The number of hydrogen-bond donors (Lipinski definition) is 2. The van der Waals surface area contributed by atoms with Gasteiger partial charge in [0, 0.05) is 40.5 Å². The molecule has 0 saturated heterocycles. The van der Waals surface area contributed by atoms with Gasteiger partial charge in [-0.25, -0.2) is 0 Å². The minimum absolute atomic E-state index is 0.0660. The number of nitrogens with zero attached hydrogens (tertiary/aromatic N) is 1. The summed E-state index contributed by atoms with van der Waals surface area (Å²) in [6.07, 6.45) is 3.12. The highest BCUT2D eigenvalue weighted by Gasteiger charge is 2.45. The number of carboxylic acids is 1. The van der Waals surface area contributed by atoms with E-state index in [1.54, 1.807) is 0 Å². The molecule has 5 rings (SSSR count). The molecule has 4 nitrogen and oxygen atoms in total. The zero-order valence-corrected chi connectivity index (χ0v) is 16.3. The summed E-state index contributed by atoms with van der Waals surface area (Å²) in [5.41, 5.74) is 5.49. The SMILES string of the molecule is Cc1ccc([C@H]2CC(Cl)=C[C@H]3c4[nH]c5ccccc5c4C[C@@H](C(=O)O)N23)cc1. The number of nitrogens with one attached hydrogen (secondary N) is 1. The second-order valence-corrected chi connectivity index (χ2v) is 8.24. The fourth-order valence-electron chi connectivity index (χ4n) is 4.74. The van der Waals surface area contributed by atoms with Crippen molar-refractivity contribution in [1.82, 2.24) is 9.88 Å². The monoisotopic (exact) mass is 392 g/mol. The highest BCUT2D eigenvalue weighted by Crippen LogP contribution is 2.48. The van der Waals surface area contributed by atoms with Crippen LogP contribution in [0.3, 0.4) is 0 Å². The Morgan fingerprint density at radius 1 is 1.14 bits per heavy atom. The fraction of sp³-hybridized carbons (Fsp3) is 0.261. The molecule has 0 unspecified atom stereocenters. The van der Waals surface area contributed by atoms with Crippen molar-refractivity contribution < 1.29 is 9.90 Å². The van der Waals surface area contributed by atoms with Crippen molar-refractivity contribution in [2.24, 2.45) is 0 Å². The van der Waals surface area contributed by atoms with Crippen molar-refractivity contribution in [1.29, 1.82) is 0 Å². The maximum Gasteiger partial charge on any atom is 0.321 e. The third-order valence-electron chi connectivity index (χ3n) is 6.06. The number of hydrogen-bond acceptors (Lipinski definition) is 2. The van der Waals surface area contributed by atoms with E-state index in [0.29, 0.717) is 12.8 Å². The Balaban J connectivity index is 1.70. The van der Waals surface area contributed by atoms with Crippen molar-refractivity contribution in [3.63, 3.8) is 0 Å². The minimum atomic E-state index is -0.788. The van der Waals surface area contributed by atoms with Crippen LogP contribution in [0.1, 0.15) is 40.9 Å². The van der Waals surface area contributed by atoms with Gasteiger partial charge in [-0.15, -0.1) is 0 Å². The Labute approximate surface area is 168 Å². The molecule has 0 aliphatic carbocycles. The van der Waals surface area contributed by atoms with E-state index in [1.165, 1.54) is 5.56 Å². The Morgan fingerprint density at radius 2 is 1.89 bits per heavy atom. The molecule has 3 atom stereocenters. The second kappa shape index (κ2) is 6.50. The highest BCUT2D eigenvalue weighted by molar-refractivity contribution is 6.29. The molecule has 0 radical (unpaired) electrons.